The molecular formula is C19H19ClFNO3S. The molecule has 0 radical (unpaired) electrons. The van der Waals surface area contributed by atoms with Gasteiger partial charge in [-0.15, -0.1) is 11.8 Å². The highest BCUT2D eigenvalue weighted by atomic mass is 35.5. The molecule has 0 spiro atoms. The van der Waals surface area contributed by atoms with Crippen molar-refractivity contribution < 1.29 is 18.7 Å². The van der Waals surface area contributed by atoms with Gasteiger partial charge in [-0.1, -0.05) is 36.7 Å². The third kappa shape index (κ3) is 5.22. The van der Waals surface area contributed by atoms with Crippen LogP contribution in [0.1, 0.15) is 30.6 Å². The van der Waals surface area contributed by atoms with E-state index < -0.39 is 17.0 Å². The van der Waals surface area contributed by atoms with Crippen molar-refractivity contribution in [1.29, 1.82) is 0 Å². The highest BCUT2D eigenvalue weighted by Gasteiger charge is 2.22. The minimum absolute atomic E-state index is 0.00413. The van der Waals surface area contributed by atoms with Crippen LogP contribution in [0.5, 0.6) is 0 Å². The number of benzene rings is 2. The van der Waals surface area contributed by atoms with Crippen LogP contribution in [0.3, 0.4) is 0 Å². The minimum atomic E-state index is -0.646. The maximum atomic E-state index is 14.2. The molecule has 0 aliphatic carbocycles. The zero-order chi connectivity index (χ0) is 19.1. The summed E-state index contributed by atoms with van der Waals surface area (Å²) >= 11 is 7.30. The molecule has 0 aromatic heterocycles. The van der Waals surface area contributed by atoms with Gasteiger partial charge in [0.15, 0.2) is 0 Å². The SMILES string of the molecule is CCOC(=O)C(CC)Sc1cc(NC(=O)c2ccccc2)c(F)cc1Cl. The Morgan fingerprint density at radius 2 is 1.92 bits per heavy atom. The Morgan fingerprint density at radius 3 is 2.54 bits per heavy atom. The van der Waals surface area contributed by atoms with Crippen LogP contribution in [-0.2, 0) is 9.53 Å². The van der Waals surface area contributed by atoms with Gasteiger partial charge in [-0.2, -0.15) is 0 Å². The van der Waals surface area contributed by atoms with E-state index in [1.807, 2.05) is 6.92 Å². The molecule has 2 aromatic carbocycles. The topological polar surface area (TPSA) is 55.4 Å². The lowest BCUT2D eigenvalue weighted by atomic mass is 10.2. The fourth-order valence-electron chi connectivity index (χ4n) is 2.19. The van der Waals surface area contributed by atoms with Crippen LogP contribution in [0.15, 0.2) is 47.4 Å². The van der Waals surface area contributed by atoms with Crippen molar-refractivity contribution in [3.63, 3.8) is 0 Å². The zero-order valence-electron chi connectivity index (χ0n) is 14.4. The van der Waals surface area contributed by atoms with Crippen LogP contribution in [0, 0.1) is 5.82 Å². The second kappa shape index (κ2) is 9.59. The minimum Gasteiger partial charge on any atom is -0.465 e. The summed E-state index contributed by atoms with van der Waals surface area (Å²) in [7, 11) is 0. The van der Waals surface area contributed by atoms with E-state index in [4.69, 9.17) is 16.3 Å². The maximum Gasteiger partial charge on any atom is 0.319 e. The molecule has 26 heavy (non-hydrogen) atoms. The summed E-state index contributed by atoms with van der Waals surface area (Å²) in [5.74, 6) is -1.43. The normalized spacial score (nSPS) is 11.7. The van der Waals surface area contributed by atoms with Crippen LogP contribution >= 0.6 is 23.4 Å². The standard InChI is InChI=1S/C19H19ClFNO3S/c1-3-16(19(24)25-4-2)26-17-11-15(14(21)10-13(17)20)22-18(23)12-8-6-5-7-9-12/h5-11,16H,3-4H2,1-2H3,(H,22,23). The van der Waals surface area contributed by atoms with Crippen molar-refractivity contribution in [1.82, 2.24) is 0 Å². The first-order valence-corrected chi connectivity index (χ1v) is 9.40. The summed E-state index contributed by atoms with van der Waals surface area (Å²) in [6, 6.07) is 11.1. The van der Waals surface area contributed by atoms with Crippen LogP contribution in [0.4, 0.5) is 10.1 Å². The lowest BCUT2D eigenvalue weighted by Crippen LogP contribution is -2.19. The van der Waals surface area contributed by atoms with Crippen molar-refractivity contribution in [2.45, 2.75) is 30.4 Å². The van der Waals surface area contributed by atoms with Crippen molar-refractivity contribution in [2.24, 2.45) is 0 Å². The molecule has 2 rings (SSSR count). The molecule has 1 amide bonds. The average Bonchev–Trinajstić information content (AvgIpc) is 2.63. The van der Waals surface area contributed by atoms with E-state index in [9.17, 15) is 14.0 Å². The van der Waals surface area contributed by atoms with Gasteiger partial charge >= 0.3 is 5.97 Å². The number of nitrogens with one attached hydrogen (secondary N) is 1. The Morgan fingerprint density at radius 1 is 1.23 bits per heavy atom. The second-order valence-electron chi connectivity index (χ2n) is 5.35. The smallest absolute Gasteiger partial charge is 0.319 e. The monoisotopic (exact) mass is 395 g/mol. The van der Waals surface area contributed by atoms with E-state index in [1.165, 1.54) is 17.8 Å². The van der Waals surface area contributed by atoms with E-state index in [2.05, 4.69) is 5.32 Å². The molecule has 1 unspecified atom stereocenters. The molecule has 0 saturated heterocycles. The second-order valence-corrected chi connectivity index (χ2v) is 7.00. The molecule has 1 atom stereocenters. The molecule has 0 heterocycles. The Balaban J connectivity index is 2.22. The number of rotatable bonds is 7. The van der Waals surface area contributed by atoms with Crippen molar-refractivity contribution in [2.75, 3.05) is 11.9 Å². The van der Waals surface area contributed by atoms with E-state index in [-0.39, 0.29) is 23.3 Å². The molecule has 138 valence electrons. The number of hydrogen-bond acceptors (Lipinski definition) is 4. The number of thioether (sulfide) groups is 1. The summed E-state index contributed by atoms with van der Waals surface area (Å²) in [5.41, 5.74) is 0.415. The van der Waals surface area contributed by atoms with Gasteiger partial charge in [-0.05, 0) is 37.6 Å². The van der Waals surface area contributed by atoms with Gasteiger partial charge in [-0.3, -0.25) is 9.59 Å². The summed E-state index contributed by atoms with van der Waals surface area (Å²) < 4.78 is 19.2. The number of ether oxygens (including phenoxy) is 1. The molecule has 4 nitrogen and oxygen atoms in total. The molecule has 0 fully saturated rings. The van der Waals surface area contributed by atoms with Gasteiger partial charge in [0, 0.05) is 10.5 Å². The van der Waals surface area contributed by atoms with E-state index >= 15 is 0 Å². The van der Waals surface area contributed by atoms with Gasteiger partial charge in [0.1, 0.15) is 11.1 Å². The molecule has 0 saturated carbocycles. The highest BCUT2D eigenvalue weighted by molar-refractivity contribution is 8.00. The molecule has 2 aromatic rings. The molecule has 7 heteroatoms. The van der Waals surface area contributed by atoms with Gasteiger partial charge in [0.2, 0.25) is 0 Å². The first-order valence-electron chi connectivity index (χ1n) is 8.15. The van der Waals surface area contributed by atoms with E-state index in [0.29, 0.717) is 16.9 Å². The molecular weight excluding hydrogens is 377 g/mol. The number of carbonyl (C=O) groups is 2. The van der Waals surface area contributed by atoms with Crippen LogP contribution < -0.4 is 5.32 Å². The molecule has 0 aliphatic rings. The molecule has 0 bridgehead atoms. The Labute approximate surface area is 161 Å². The Hall–Kier alpha value is -2.05. The zero-order valence-corrected chi connectivity index (χ0v) is 16.0. The lowest BCUT2D eigenvalue weighted by Gasteiger charge is -2.15. The van der Waals surface area contributed by atoms with Crippen molar-refractivity contribution in [3.8, 4) is 0 Å². The van der Waals surface area contributed by atoms with Crippen LogP contribution in [-0.4, -0.2) is 23.7 Å². The Bertz CT molecular complexity index is 786. The third-order valence-corrected chi connectivity index (χ3v) is 5.32. The first kappa shape index (κ1) is 20.3. The number of hydrogen-bond donors (Lipinski definition) is 1. The summed E-state index contributed by atoms with van der Waals surface area (Å²) in [5, 5.41) is 2.25. The van der Waals surface area contributed by atoms with Crippen LogP contribution in [0.25, 0.3) is 0 Å². The predicted octanol–water partition coefficient (Wildman–Crippen LogP) is 5.17. The quantitative estimate of drug-likeness (QED) is 0.519. The predicted molar refractivity (Wildman–Crippen MR) is 102 cm³/mol. The van der Waals surface area contributed by atoms with Gasteiger partial charge < -0.3 is 10.1 Å². The highest BCUT2D eigenvalue weighted by Crippen LogP contribution is 2.36. The van der Waals surface area contributed by atoms with E-state index in [1.54, 1.807) is 37.3 Å². The number of anilines is 1. The molecule has 0 aliphatic heterocycles. The summed E-state index contributed by atoms with van der Waals surface area (Å²) in [6.45, 7) is 3.87. The fourth-order valence-corrected chi connectivity index (χ4v) is 3.46. The van der Waals surface area contributed by atoms with Crippen LogP contribution in [0.2, 0.25) is 5.02 Å². The fraction of sp³-hybridized carbons (Fsp3) is 0.263. The number of amides is 1. The largest absolute Gasteiger partial charge is 0.465 e. The van der Waals surface area contributed by atoms with Gasteiger partial charge in [0.25, 0.3) is 5.91 Å². The number of esters is 1. The Kier molecular flexibility index (Phi) is 7.48. The first-order chi connectivity index (χ1) is 12.5. The van der Waals surface area contributed by atoms with Gasteiger partial charge in [-0.25, -0.2) is 4.39 Å². The van der Waals surface area contributed by atoms with E-state index in [0.717, 1.165) is 6.07 Å². The molecule has 1 N–H and O–H groups in total. The lowest BCUT2D eigenvalue weighted by molar-refractivity contribution is -0.142. The third-order valence-electron chi connectivity index (χ3n) is 3.50. The maximum absolute atomic E-state index is 14.2. The summed E-state index contributed by atoms with van der Waals surface area (Å²) in [6.07, 6.45) is 0.531. The average molecular weight is 396 g/mol. The van der Waals surface area contributed by atoms with Crippen molar-refractivity contribution >= 4 is 40.9 Å². The number of halogens is 2. The number of carbonyl (C=O) groups excluding carboxylic acids is 2. The summed E-state index contributed by atoms with van der Waals surface area (Å²) in [4.78, 5) is 24.7. The van der Waals surface area contributed by atoms with Crippen molar-refractivity contribution in [3.05, 3.63) is 58.9 Å². The van der Waals surface area contributed by atoms with Gasteiger partial charge in [0.05, 0.1) is 17.3 Å².